The number of hydrogen-bond donors (Lipinski definition) is 5. The van der Waals surface area contributed by atoms with Crippen molar-refractivity contribution in [3.05, 3.63) is 118 Å². The molecule has 0 saturated carbocycles. The molecule has 2 aliphatic rings. The van der Waals surface area contributed by atoms with Crippen LogP contribution in [0, 0.1) is 17.0 Å². The van der Waals surface area contributed by atoms with Gasteiger partial charge in [0.1, 0.15) is 17.5 Å². The van der Waals surface area contributed by atoms with Gasteiger partial charge in [0.25, 0.3) is 5.91 Å². The Morgan fingerprint density at radius 1 is 0.849 bits per heavy atom. The number of nitrogens with one attached hydrogen (secondary N) is 4. The monoisotopic (exact) mass is 723 g/mol. The first-order valence-electron chi connectivity index (χ1n) is 17.7. The maximum atomic E-state index is 13.8. The van der Waals surface area contributed by atoms with Crippen molar-refractivity contribution in [3.8, 4) is 0 Å². The fourth-order valence-corrected chi connectivity index (χ4v) is 6.72. The van der Waals surface area contributed by atoms with Crippen LogP contribution >= 0.6 is 0 Å². The predicted octanol–water partition coefficient (Wildman–Crippen LogP) is 5.34. The van der Waals surface area contributed by atoms with Gasteiger partial charge < -0.3 is 31.3 Å². The molecule has 276 valence electrons. The van der Waals surface area contributed by atoms with E-state index in [1.807, 2.05) is 12.1 Å². The zero-order chi connectivity index (χ0) is 37.3. The molecule has 0 aromatic heterocycles. The molecule has 4 aromatic rings. The minimum Gasteiger partial charge on any atom is -0.398 e. The highest BCUT2D eigenvalue weighted by Gasteiger charge is 2.23. The summed E-state index contributed by atoms with van der Waals surface area (Å²) in [6.45, 7) is 5.98. The van der Waals surface area contributed by atoms with Crippen LogP contribution in [0.3, 0.4) is 0 Å². The largest absolute Gasteiger partial charge is 0.398 e. The molecule has 0 aliphatic carbocycles. The van der Waals surface area contributed by atoms with Crippen LogP contribution in [-0.4, -0.2) is 87.7 Å². The first-order chi connectivity index (χ1) is 25.7. The Morgan fingerprint density at radius 3 is 2.30 bits per heavy atom. The number of benzene rings is 4. The Labute approximate surface area is 307 Å². The van der Waals surface area contributed by atoms with Gasteiger partial charge in [0.2, 0.25) is 0 Å². The zero-order valence-corrected chi connectivity index (χ0v) is 29.3. The summed E-state index contributed by atoms with van der Waals surface area (Å²) in [6.07, 6.45) is 3.17. The lowest BCUT2D eigenvalue weighted by atomic mass is 10.0. The summed E-state index contributed by atoms with van der Waals surface area (Å²) in [5.74, 6) is -2.00. The number of carbonyl (C=O) groups excluding carboxylic acids is 3. The molecule has 6 rings (SSSR count). The number of ether oxygens (including phenoxy) is 1. The summed E-state index contributed by atoms with van der Waals surface area (Å²) in [5, 5.41) is 18.4. The fraction of sp³-hybridized carbons (Fsp3) is 0.300. The number of anilines is 4. The van der Waals surface area contributed by atoms with E-state index in [-0.39, 0.29) is 24.0 Å². The number of nitrogens with two attached hydrogens (primary N) is 1. The van der Waals surface area contributed by atoms with E-state index in [9.17, 15) is 23.2 Å². The Morgan fingerprint density at radius 2 is 1.58 bits per heavy atom. The van der Waals surface area contributed by atoms with Crippen LogP contribution in [0.25, 0.3) is 0 Å². The molecule has 2 heterocycles. The molecule has 0 spiro atoms. The number of nitrogens with zero attached hydrogens (tertiary/aromatic N) is 2. The molecule has 0 atom stereocenters. The number of halogens is 2. The van der Waals surface area contributed by atoms with Crippen molar-refractivity contribution in [3.63, 3.8) is 0 Å². The molecule has 2 fully saturated rings. The molecule has 4 aromatic carbocycles. The van der Waals surface area contributed by atoms with Gasteiger partial charge in [0, 0.05) is 104 Å². The molecular weight excluding hydrogens is 680 g/mol. The van der Waals surface area contributed by atoms with Gasteiger partial charge >= 0.3 is 0 Å². The molecule has 6 N–H and O–H groups in total. The molecule has 11 nitrogen and oxygen atoms in total. The van der Waals surface area contributed by atoms with Gasteiger partial charge in [0.15, 0.2) is 12.6 Å². The van der Waals surface area contributed by atoms with Crippen molar-refractivity contribution in [2.24, 2.45) is 0 Å². The standard InChI is InChI=1S/C40H43F2N7O4/c41-30-18-27(19-31(42)22-30)17-26-1-6-37(43)36(20-26)39(44)47-40(52)35-5-4-34(23-38(35)46-32-7-15-53-16-8-32)49-13-11-48(12-14-49)10-9-45-33-3-2-28(24-50)29(21-33)25-51/h1-6,18-25,32,45-46H,7-17,43H2,(H2,44,47,52). The first kappa shape index (κ1) is 37.1. The molecule has 13 heteroatoms. The Hall–Kier alpha value is -5.66. The normalized spacial score (nSPS) is 15.1. The molecule has 1 amide bonds. The van der Waals surface area contributed by atoms with Crippen LogP contribution in [0.4, 0.5) is 31.5 Å². The maximum absolute atomic E-state index is 13.8. The smallest absolute Gasteiger partial charge is 0.258 e. The predicted molar refractivity (Wildman–Crippen MR) is 203 cm³/mol. The van der Waals surface area contributed by atoms with Crippen molar-refractivity contribution < 1.29 is 27.9 Å². The third-order valence-corrected chi connectivity index (χ3v) is 9.62. The van der Waals surface area contributed by atoms with Gasteiger partial charge in [-0.05, 0) is 91.1 Å². The average Bonchev–Trinajstić information content (AvgIpc) is 3.15. The second kappa shape index (κ2) is 17.2. The quantitative estimate of drug-likeness (QED) is 0.0533. The summed E-state index contributed by atoms with van der Waals surface area (Å²) in [5.41, 5.74) is 11.5. The van der Waals surface area contributed by atoms with Crippen LogP contribution < -0.4 is 26.6 Å². The van der Waals surface area contributed by atoms with E-state index < -0.39 is 17.5 Å². The molecular formula is C40H43F2N7O4. The number of rotatable bonds is 13. The van der Waals surface area contributed by atoms with Crippen LogP contribution in [0.1, 0.15) is 60.6 Å². The highest BCUT2D eigenvalue weighted by molar-refractivity contribution is 6.15. The van der Waals surface area contributed by atoms with Crippen LogP contribution in [0.15, 0.2) is 72.8 Å². The van der Waals surface area contributed by atoms with E-state index in [0.717, 1.165) is 63.0 Å². The Bertz CT molecular complexity index is 1960. The highest BCUT2D eigenvalue weighted by atomic mass is 19.1. The maximum Gasteiger partial charge on any atom is 0.258 e. The van der Waals surface area contributed by atoms with Crippen molar-refractivity contribution in [1.29, 1.82) is 5.41 Å². The van der Waals surface area contributed by atoms with Crippen molar-refractivity contribution in [2.45, 2.75) is 25.3 Å². The van der Waals surface area contributed by atoms with Gasteiger partial charge in [-0.1, -0.05) is 6.07 Å². The van der Waals surface area contributed by atoms with Crippen molar-refractivity contribution >= 4 is 47.1 Å². The number of carbonyl (C=O) groups is 3. The molecule has 0 bridgehead atoms. The van der Waals surface area contributed by atoms with Gasteiger partial charge in [-0.3, -0.25) is 24.7 Å². The topological polar surface area (TPSA) is 153 Å². The number of amides is 1. The summed E-state index contributed by atoms with van der Waals surface area (Å²) >= 11 is 0. The molecule has 2 saturated heterocycles. The van der Waals surface area contributed by atoms with Crippen molar-refractivity contribution in [1.82, 2.24) is 10.2 Å². The third-order valence-electron chi connectivity index (χ3n) is 9.62. The summed E-state index contributed by atoms with van der Waals surface area (Å²) in [7, 11) is 0. The van der Waals surface area contributed by atoms with Crippen molar-refractivity contribution in [2.75, 3.05) is 73.7 Å². The van der Waals surface area contributed by atoms with E-state index in [0.29, 0.717) is 71.4 Å². The van der Waals surface area contributed by atoms with E-state index in [2.05, 4.69) is 25.8 Å². The Kier molecular flexibility index (Phi) is 12.1. The second-order valence-corrected chi connectivity index (χ2v) is 13.3. The van der Waals surface area contributed by atoms with E-state index in [1.54, 1.807) is 42.5 Å². The second-order valence-electron chi connectivity index (χ2n) is 13.3. The molecule has 2 aliphatic heterocycles. The zero-order valence-electron chi connectivity index (χ0n) is 29.3. The van der Waals surface area contributed by atoms with Gasteiger partial charge in [0.05, 0.1) is 5.56 Å². The first-order valence-corrected chi connectivity index (χ1v) is 17.7. The summed E-state index contributed by atoms with van der Waals surface area (Å²) in [6, 6.07) is 19.2. The molecule has 0 radical (unpaired) electrons. The van der Waals surface area contributed by atoms with Crippen LogP contribution in [0.5, 0.6) is 0 Å². The SMILES string of the molecule is N=C(NC(=O)c1ccc(N2CCN(CCNc3ccc(C=O)c(C=O)c3)CC2)cc1NC1CCOCC1)c1cc(Cc2cc(F)cc(F)c2)ccc1N. The van der Waals surface area contributed by atoms with Crippen LogP contribution in [0.2, 0.25) is 0 Å². The van der Waals surface area contributed by atoms with Gasteiger partial charge in [-0.2, -0.15) is 0 Å². The highest BCUT2D eigenvalue weighted by Crippen LogP contribution is 2.28. The summed E-state index contributed by atoms with van der Waals surface area (Å²) < 4.78 is 33.1. The summed E-state index contributed by atoms with van der Waals surface area (Å²) in [4.78, 5) is 40.8. The number of nitrogen functional groups attached to an aromatic ring is 1. The van der Waals surface area contributed by atoms with Gasteiger partial charge in [-0.15, -0.1) is 0 Å². The lowest BCUT2D eigenvalue weighted by molar-refractivity contribution is 0.0904. The van der Waals surface area contributed by atoms with E-state index >= 15 is 0 Å². The number of amidine groups is 1. The lowest BCUT2D eigenvalue weighted by Gasteiger charge is -2.36. The van der Waals surface area contributed by atoms with Gasteiger partial charge in [-0.25, -0.2) is 8.78 Å². The van der Waals surface area contributed by atoms with E-state index in [4.69, 9.17) is 15.9 Å². The number of hydrogen-bond acceptors (Lipinski definition) is 10. The Balaban J connectivity index is 1.10. The molecule has 0 unspecified atom stereocenters. The fourth-order valence-electron chi connectivity index (χ4n) is 6.72. The minimum atomic E-state index is -0.671. The lowest BCUT2D eigenvalue weighted by Crippen LogP contribution is -2.47. The van der Waals surface area contributed by atoms with E-state index in [1.165, 1.54) is 12.1 Å². The average molecular weight is 724 g/mol. The minimum absolute atomic E-state index is 0.117. The number of aldehydes is 2. The third kappa shape index (κ3) is 9.62. The molecule has 53 heavy (non-hydrogen) atoms. The number of piperazine rings is 1. The van der Waals surface area contributed by atoms with Crippen LogP contribution in [-0.2, 0) is 11.2 Å².